The van der Waals surface area contributed by atoms with Crippen LogP contribution in [0.3, 0.4) is 0 Å². The van der Waals surface area contributed by atoms with E-state index in [0.29, 0.717) is 0 Å². The molecule has 2 rings (SSSR count). The molecule has 0 aliphatic carbocycles. The summed E-state index contributed by atoms with van der Waals surface area (Å²) in [5, 5.41) is 3.38. The lowest BCUT2D eigenvalue weighted by Crippen LogP contribution is -2.27. The molecule has 15 heavy (non-hydrogen) atoms. The van der Waals surface area contributed by atoms with E-state index in [9.17, 15) is 0 Å². The Bertz CT molecular complexity index is 248. The normalized spacial score (nSPS) is 15.9. The molecule has 1 aliphatic heterocycles. The number of hydrogen-bond donors (Lipinski definition) is 1. The van der Waals surface area contributed by atoms with Crippen LogP contribution in [0.15, 0.2) is 24.5 Å². The summed E-state index contributed by atoms with van der Waals surface area (Å²) in [6, 6.07) is 4.12. The zero-order valence-electron chi connectivity index (χ0n) is 8.56. The molecule has 1 aromatic heterocycles. The fourth-order valence-electron chi connectivity index (χ4n) is 1.64. The van der Waals surface area contributed by atoms with Gasteiger partial charge in [-0.3, -0.25) is 4.98 Å². The number of aromatic nitrogens is 1. The number of rotatable bonds is 1. The lowest BCUT2D eigenvalue weighted by Gasteiger charge is -2.21. The van der Waals surface area contributed by atoms with Gasteiger partial charge < -0.3 is 10.2 Å². The molecule has 0 radical (unpaired) electrons. The summed E-state index contributed by atoms with van der Waals surface area (Å²) in [5.41, 5.74) is 1.24. The number of anilines is 1. The lowest BCUT2D eigenvalue weighted by atomic mass is 10.3. The van der Waals surface area contributed by atoms with E-state index in [1.807, 2.05) is 18.5 Å². The highest BCUT2D eigenvalue weighted by atomic mass is 35.5. The summed E-state index contributed by atoms with van der Waals surface area (Å²) in [5.74, 6) is 0. The van der Waals surface area contributed by atoms with E-state index in [1.54, 1.807) is 0 Å². The minimum Gasteiger partial charge on any atom is -0.369 e. The van der Waals surface area contributed by atoms with Gasteiger partial charge >= 0.3 is 0 Å². The average molecular weight is 250 g/mol. The van der Waals surface area contributed by atoms with E-state index >= 15 is 0 Å². The van der Waals surface area contributed by atoms with Gasteiger partial charge in [0.05, 0.1) is 11.9 Å². The summed E-state index contributed by atoms with van der Waals surface area (Å²) >= 11 is 0. The van der Waals surface area contributed by atoms with Crippen LogP contribution in [0.5, 0.6) is 0 Å². The van der Waals surface area contributed by atoms with E-state index in [1.165, 1.54) is 12.1 Å². The van der Waals surface area contributed by atoms with Gasteiger partial charge in [-0.15, -0.1) is 24.8 Å². The fourth-order valence-corrected chi connectivity index (χ4v) is 1.64. The third-order valence-electron chi connectivity index (χ3n) is 2.35. The third kappa shape index (κ3) is 4.24. The number of halogens is 2. The van der Waals surface area contributed by atoms with Crippen molar-refractivity contribution < 1.29 is 0 Å². The summed E-state index contributed by atoms with van der Waals surface area (Å²) < 4.78 is 0. The first-order chi connectivity index (χ1) is 6.47. The highest BCUT2D eigenvalue weighted by molar-refractivity contribution is 5.85. The van der Waals surface area contributed by atoms with Crippen molar-refractivity contribution >= 4 is 30.5 Å². The zero-order chi connectivity index (χ0) is 8.93. The van der Waals surface area contributed by atoms with Crippen LogP contribution < -0.4 is 10.2 Å². The molecule has 5 heteroatoms. The molecular formula is C10H17Cl2N3. The molecule has 1 N–H and O–H groups in total. The first-order valence-corrected chi connectivity index (χ1v) is 4.82. The van der Waals surface area contributed by atoms with Crippen LogP contribution in [0.2, 0.25) is 0 Å². The van der Waals surface area contributed by atoms with Crippen molar-refractivity contribution in [3.05, 3.63) is 24.5 Å². The monoisotopic (exact) mass is 249 g/mol. The second kappa shape index (κ2) is 7.74. The molecule has 1 fully saturated rings. The number of hydrogen-bond acceptors (Lipinski definition) is 3. The van der Waals surface area contributed by atoms with Gasteiger partial charge in [0.2, 0.25) is 0 Å². The summed E-state index contributed by atoms with van der Waals surface area (Å²) in [6.45, 7) is 4.44. The molecule has 0 spiro atoms. The van der Waals surface area contributed by atoms with E-state index in [2.05, 4.69) is 21.3 Å². The Hall–Kier alpha value is -0.510. The molecular weight excluding hydrogens is 233 g/mol. The van der Waals surface area contributed by atoms with Gasteiger partial charge in [0.1, 0.15) is 0 Å². The van der Waals surface area contributed by atoms with Crippen molar-refractivity contribution in [2.75, 3.05) is 31.1 Å². The molecule has 1 aromatic rings. The van der Waals surface area contributed by atoms with Crippen molar-refractivity contribution in [2.45, 2.75) is 6.42 Å². The van der Waals surface area contributed by atoms with Gasteiger partial charge in [-0.05, 0) is 25.1 Å². The van der Waals surface area contributed by atoms with Crippen LogP contribution >= 0.6 is 24.8 Å². The Kier molecular flexibility index (Phi) is 7.48. The van der Waals surface area contributed by atoms with Crippen molar-refractivity contribution in [3.8, 4) is 0 Å². The molecule has 2 heterocycles. The number of pyridine rings is 1. The average Bonchev–Trinajstić information content (AvgIpc) is 2.47. The van der Waals surface area contributed by atoms with Crippen LogP contribution in [-0.4, -0.2) is 31.2 Å². The summed E-state index contributed by atoms with van der Waals surface area (Å²) in [7, 11) is 0. The van der Waals surface area contributed by atoms with Gasteiger partial charge in [-0.25, -0.2) is 0 Å². The molecule has 0 aromatic carbocycles. The minimum atomic E-state index is 0. The molecule has 0 atom stereocenters. The van der Waals surface area contributed by atoms with Crippen molar-refractivity contribution in [3.63, 3.8) is 0 Å². The number of nitrogens with one attached hydrogen (secondary N) is 1. The zero-order valence-corrected chi connectivity index (χ0v) is 10.2. The van der Waals surface area contributed by atoms with Crippen LogP contribution in [0.4, 0.5) is 5.69 Å². The SMILES string of the molecule is Cl.Cl.c1cncc(N2CCCNCC2)c1. The summed E-state index contributed by atoms with van der Waals surface area (Å²) in [6.07, 6.45) is 4.97. The van der Waals surface area contributed by atoms with Gasteiger partial charge in [0, 0.05) is 25.8 Å². The molecule has 1 aliphatic rings. The van der Waals surface area contributed by atoms with Crippen LogP contribution in [0.25, 0.3) is 0 Å². The second-order valence-electron chi connectivity index (χ2n) is 3.30. The standard InChI is InChI=1S/C10H15N3.2ClH/c1-3-10(9-12-4-1)13-7-2-5-11-6-8-13;;/h1,3-4,9,11H,2,5-8H2;2*1H. The topological polar surface area (TPSA) is 28.2 Å². The predicted molar refractivity (Wildman–Crippen MR) is 68.4 cm³/mol. The van der Waals surface area contributed by atoms with Crippen LogP contribution in [0.1, 0.15) is 6.42 Å². The molecule has 0 bridgehead atoms. The van der Waals surface area contributed by atoms with Crippen LogP contribution in [-0.2, 0) is 0 Å². The molecule has 1 saturated heterocycles. The molecule has 86 valence electrons. The third-order valence-corrected chi connectivity index (χ3v) is 2.35. The van der Waals surface area contributed by atoms with Gasteiger partial charge in [0.25, 0.3) is 0 Å². The maximum absolute atomic E-state index is 4.13. The molecule has 0 unspecified atom stereocenters. The fraction of sp³-hybridized carbons (Fsp3) is 0.500. The minimum absolute atomic E-state index is 0. The van der Waals surface area contributed by atoms with Crippen molar-refractivity contribution in [2.24, 2.45) is 0 Å². The van der Waals surface area contributed by atoms with E-state index in [0.717, 1.165) is 26.2 Å². The Morgan fingerprint density at radius 3 is 2.80 bits per heavy atom. The van der Waals surface area contributed by atoms with E-state index < -0.39 is 0 Å². The first kappa shape index (κ1) is 14.5. The van der Waals surface area contributed by atoms with Gasteiger partial charge in [-0.2, -0.15) is 0 Å². The molecule has 0 amide bonds. The highest BCUT2D eigenvalue weighted by Crippen LogP contribution is 2.11. The van der Waals surface area contributed by atoms with Crippen LogP contribution in [0, 0.1) is 0 Å². The van der Waals surface area contributed by atoms with Crippen molar-refractivity contribution in [1.29, 1.82) is 0 Å². The van der Waals surface area contributed by atoms with E-state index in [4.69, 9.17) is 0 Å². The Morgan fingerprint density at radius 1 is 1.20 bits per heavy atom. The second-order valence-corrected chi connectivity index (χ2v) is 3.30. The lowest BCUT2D eigenvalue weighted by molar-refractivity contribution is 0.724. The quantitative estimate of drug-likeness (QED) is 0.822. The summed E-state index contributed by atoms with van der Waals surface area (Å²) in [4.78, 5) is 6.51. The first-order valence-electron chi connectivity index (χ1n) is 4.82. The van der Waals surface area contributed by atoms with Gasteiger partial charge in [0.15, 0.2) is 0 Å². The predicted octanol–water partition coefficient (Wildman–Crippen LogP) is 1.72. The molecule has 0 saturated carbocycles. The molecule has 3 nitrogen and oxygen atoms in total. The Morgan fingerprint density at radius 2 is 2.07 bits per heavy atom. The highest BCUT2D eigenvalue weighted by Gasteiger charge is 2.08. The maximum Gasteiger partial charge on any atom is 0.0553 e. The van der Waals surface area contributed by atoms with Crippen molar-refractivity contribution in [1.82, 2.24) is 10.3 Å². The Labute approximate surface area is 103 Å². The van der Waals surface area contributed by atoms with Gasteiger partial charge in [-0.1, -0.05) is 0 Å². The smallest absolute Gasteiger partial charge is 0.0553 e. The maximum atomic E-state index is 4.13. The largest absolute Gasteiger partial charge is 0.369 e. The Balaban J connectivity index is 0.000000980. The van der Waals surface area contributed by atoms with E-state index in [-0.39, 0.29) is 24.8 Å². The number of nitrogens with zero attached hydrogens (tertiary/aromatic N) is 2.